The van der Waals surface area contributed by atoms with Crippen molar-refractivity contribution in [3.8, 4) is 0 Å². The fraction of sp³-hybridized carbons (Fsp3) is 0.727. The van der Waals surface area contributed by atoms with E-state index in [1.165, 1.54) is 0 Å². The van der Waals surface area contributed by atoms with E-state index in [4.69, 9.17) is 14.6 Å². The lowest BCUT2D eigenvalue weighted by atomic mass is 10.0. The Hall–Kier alpha value is -1.63. The van der Waals surface area contributed by atoms with E-state index in [1.807, 2.05) is 0 Å². The fourth-order valence-electron chi connectivity index (χ4n) is 1.42. The molecule has 0 aromatic carbocycles. The SMILES string of the molecule is CC(C)(C)OC(=O)NC1CO[C@H](C(=O)O)CC1=O. The van der Waals surface area contributed by atoms with Crippen molar-refractivity contribution in [3.63, 3.8) is 0 Å². The van der Waals surface area contributed by atoms with Crippen molar-refractivity contribution in [2.24, 2.45) is 0 Å². The molecule has 1 saturated heterocycles. The monoisotopic (exact) mass is 259 g/mol. The van der Waals surface area contributed by atoms with E-state index in [2.05, 4.69) is 5.32 Å². The quantitative estimate of drug-likeness (QED) is 0.740. The first-order valence-corrected chi connectivity index (χ1v) is 5.55. The molecule has 1 amide bonds. The number of carboxylic acids is 1. The summed E-state index contributed by atoms with van der Waals surface area (Å²) in [5.41, 5.74) is -0.660. The van der Waals surface area contributed by atoms with Gasteiger partial charge in [0.1, 0.15) is 11.6 Å². The predicted molar refractivity (Wildman–Crippen MR) is 60.2 cm³/mol. The number of aliphatic carboxylic acids is 1. The number of carbonyl (C=O) groups is 3. The molecule has 102 valence electrons. The van der Waals surface area contributed by atoms with Crippen LogP contribution in [-0.2, 0) is 19.1 Å². The zero-order valence-corrected chi connectivity index (χ0v) is 10.6. The molecule has 0 aromatic heterocycles. The van der Waals surface area contributed by atoms with Crippen LogP contribution in [0.15, 0.2) is 0 Å². The molecule has 1 fully saturated rings. The Balaban J connectivity index is 2.48. The van der Waals surface area contributed by atoms with E-state index < -0.39 is 29.8 Å². The molecule has 1 aliphatic heterocycles. The molecule has 7 heteroatoms. The zero-order chi connectivity index (χ0) is 13.9. The summed E-state index contributed by atoms with van der Waals surface area (Å²) in [5.74, 6) is -1.56. The van der Waals surface area contributed by atoms with Crippen molar-refractivity contribution in [2.45, 2.75) is 44.9 Å². The first-order chi connectivity index (χ1) is 8.19. The number of ether oxygens (including phenoxy) is 2. The summed E-state index contributed by atoms with van der Waals surface area (Å²) in [6.07, 6.45) is -2.11. The predicted octanol–water partition coefficient (Wildman–Crippen LogP) is 0.322. The minimum absolute atomic E-state index is 0.158. The average molecular weight is 259 g/mol. The second kappa shape index (κ2) is 5.34. The minimum atomic E-state index is -1.18. The lowest BCUT2D eigenvalue weighted by Gasteiger charge is -2.27. The van der Waals surface area contributed by atoms with Crippen LogP contribution in [-0.4, -0.2) is 47.3 Å². The van der Waals surface area contributed by atoms with Crippen molar-refractivity contribution >= 4 is 17.8 Å². The highest BCUT2D eigenvalue weighted by Crippen LogP contribution is 2.12. The van der Waals surface area contributed by atoms with Gasteiger partial charge in [0.05, 0.1) is 6.61 Å². The Bertz CT molecular complexity index is 359. The highest BCUT2D eigenvalue weighted by molar-refractivity contribution is 5.92. The molecule has 0 aliphatic carbocycles. The van der Waals surface area contributed by atoms with E-state index in [0.717, 1.165) is 0 Å². The lowest BCUT2D eigenvalue weighted by Crippen LogP contribution is -2.51. The van der Waals surface area contributed by atoms with Crippen LogP contribution in [0.1, 0.15) is 27.2 Å². The first kappa shape index (κ1) is 14.4. The fourth-order valence-corrected chi connectivity index (χ4v) is 1.42. The number of carboxylic acid groups (broad SMARTS) is 1. The van der Waals surface area contributed by atoms with Gasteiger partial charge in [-0.25, -0.2) is 9.59 Å². The molecule has 0 bridgehead atoms. The topological polar surface area (TPSA) is 102 Å². The van der Waals surface area contributed by atoms with Gasteiger partial charge in [-0.15, -0.1) is 0 Å². The second-order valence-corrected chi connectivity index (χ2v) is 5.03. The molecular formula is C11H17NO6. The van der Waals surface area contributed by atoms with E-state index >= 15 is 0 Å². The number of hydrogen-bond donors (Lipinski definition) is 2. The number of hydrogen-bond acceptors (Lipinski definition) is 5. The van der Waals surface area contributed by atoms with Crippen LogP contribution < -0.4 is 5.32 Å². The smallest absolute Gasteiger partial charge is 0.408 e. The third-order valence-corrected chi connectivity index (χ3v) is 2.21. The summed E-state index contributed by atoms with van der Waals surface area (Å²) in [6, 6.07) is -0.851. The van der Waals surface area contributed by atoms with E-state index in [-0.39, 0.29) is 18.8 Å². The summed E-state index contributed by atoms with van der Waals surface area (Å²) < 4.78 is 9.95. The molecule has 1 heterocycles. The maximum absolute atomic E-state index is 11.6. The zero-order valence-electron chi connectivity index (χ0n) is 10.6. The van der Waals surface area contributed by atoms with Gasteiger partial charge in [-0.2, -0.15) is 0 Å². The molecule has 0 aromatic rings. The standard InChI is InChI=1S/C11H17NO6/c1-11(2,3)18-10(16)12-6-5-17-8(9(14)15)4-7(6)13/h6,8H,4-5H2,1-3H3,(H,12,16)(H,14,15)/t6?,8-/m0/s1. The van der Waals surface area contributed by atoms with E-state index in [1.54, 1.807) is 20.8 Å². The van der Waals surface area contributed by atoms with E-state index in [0.29, 0.717) is 0 Å². The largest absolute Gasteiger partial charge is 0.479 e. The highest BCUT2D eigenvalue weighted by Gasteiger charge is 2.34. The molecule has 2 N–H and O–H groups in total. The normalized spacial score (nSPS) is 24.5. The maximum Gasteiger partial charge on any atom is 0.408 e. The third kappa shape index (κ3) is 4.33. The van der Waals surface area contributed by atoms with Crippen molar-refractivity contribution in [2.75, 3.05) is 6.61 Å². The molecule has 18 heavy (non-hydrogen) atoms. The number of Topliss-reactive ketones (excluding diaryl/α,β-unsaturated/α-hetero) is 1. The van der Waals surface area contributed by atoms with Crippen LogP contribution in [0, 0.1) is 0 Å². The Morgan fingerprint density at radius 3 is 2.50 bits per heavy atom. The summed E-state index contributed by atoms with van der Waals surface area (Å²) in [4.78, 5) is 33.7. The number of rotatable bonds is 2. The average Bonchev–Trinajstić information content (AvgIpc) is 2.17. The van der Waals surface area contributed by atoms with Gasteiger partial charge in [-0.05, 0) is 20.8 Å². The van der Waals surface area contributed by atoms with Crippen molar-refractivity contribution in [1.82, 2.24) is 5.32 Å². The summed E-state index contributed by atoms with van der Waals surface area (Å²) in [7, 11) is 0. The number of alkyl carbamates (subject to hydrolysis) is 1. The van der Waals surface area contributed by atoms with Crippen LogP contribution in [0.2, 0.25) is 0 Å². The summed E-state index contributed by atoms with van der Waals surface area (Å²) in [6.45, 7) is 4.94. The van der Waals surface area contributed by atoms with Crippen LogP contribution >= 0.6 is 0 Å². The van der Waals surface area contributed by atoms with Gasteiger partial charge >= 0.3 is 12.1 Å². The molecule has 7 nitrogen and oxygen atoms in total. The van der Waals surface area contributed by atoms with E-state index in [9.17, 15) is 14.4 Å². The Morgan fingerprint density at radius 1 is 1.44 bits per heavy atom. The van der Waals surface area contributed by atoms with Crippen molar-refractivity contribution in [1.29, 1.82) is 0 Å². The summed E-state index contributed by atoms with van der Waals surface area (Å²) in [5, 5.41) is 11.0. The van der Waals surface area contributed by atoms with Crippen LogP contribution in [0.25, 0.3) is 0 Å². The molecule has 1 rings (SSSR count). The van der Waals surface area contributed by atoms with Gasteiger partial charge < -0.3 is 19.9 Å². The number of carbonyl (C=O) groups excluding carboxylic acids is 2. The highest BCUT2D eigenvalue weighted by atomic mass is 16.6. The van der Waals surface area contributed by atoms with Gasteiger partial charge in [0, 0.05) is 6.42 Å². The van der Waals surface area contributed by atoms with Crippen LogP contribution in [0.4, 0.5) is 4.79 Å². The molecule has 0 saturated carbocycles. The molecule has 0 radical (unpaired) electrons. The third-order valence-electron chi connectivity index (χ3n) is 2.21. The van der Waals surface area contributed by atoms with Gasteiger partial charge in [-0.3, -0.25) is 4.79 Å². The molecule has 0 spiro atoms. The Kier molecular flexibility index (Phi) is 4.28. The van der Waals surface area contributed by atoms with Crippen molar-refractivity contribution < 1.29 is 29.0 Å². The van der Waals surface area contributed by atoms with Crippen LogP contribution in [0.5, 0.6) is 0 Å². The Morgan fingerprint density at radius 2 is 2.06 bits per heavy atom. The van der Waals surface area contributed by atoms with Gasteiger partial charge in [-0.1, -0.05) is 0 Å². The Labute approximate surface area is 104 Å². The second-order valence-electron chi connectivity index (χ2n) is 5.03. The van der Waals surface area contributed by atoms with Gasteiger partial charge in [0.15, 0.2) is 11.9 Å². The number of ketones is 1. The number of amides is 1. The van der Waals surface area contributed by atoms with Gasteiger partial charge in [0.2, 0.25) is 0 Å². The molecule has 1 aliphatic rings. The van der Waals surface area contributed by atoms with Crippen molar-refractivity contribution in [3.05, 3.63) is 0 Å². The van der Waals surface area contributed by atoms with Crippen LogP contribution in [0.3, 0.4) is 0 Å². The number of nitrogens with one attached hydrogen (secondary N) is 1. The summed E-state index contributed by atoms with van der Waals surface area (Å²) >= 11 is 0. The minimum Gasteiger partial charge on any atom is -0.479 e. The first-order valence-electron chi connectivity index (χ1n) is 5.55. The molecule has 2 atom stereocenters. The van der Waals surface area contributed by atoms with Gasteiger partial charge in [0.25, 0.3) is 0 Å². The molecular weight excluding hydrogens is 242 g/mol. The lowest BCUT2D eigenvalue weighted by molar-refractivity contribution is -0.158. The molecule has 1 unspecified atom stereocenters. The maximum atomic E-state index is 11.6.